The lowest BCUT2D eigenvalue weighted by Crippen LogP contribution is -2.40. The average Bonchev–Trinajstić information content (AvgIpc) is 2.78. The number of hydrogen-bond donors (Lipinski definition) is 3. The van der Waals surface area contributed by atoms with Gasteiger partial charge in [0.2, 0.25) is 5.91 Å². The summed E-state index contributed by atoms with van der Waals surface area (Å²) in [6.45, 7) is 0.0900. The summed E-state index contributed by atoms with van der Waals surface area (Å²) in [6, 6.07) is 6.33. The van der Waals surface area contributed by atoms with E-state index in [2.05, 4.69) is 0 Å². The number of carboxylic acids is 1. The number of aliphatic hydroxyl groups is 1. The molecule has 0 bridgehead atoms. The number of hydrogen-bond acceptors (Lipinski definition) is 4. The fourth-order valence-electron chi connectivity index (χ4n) is 2.47. The van der Waals surface area contributed by atoms with Crippen LogP contribution in [0, 0.1) is 0 Å². The SMILES string of the molecule is Nc1cccc(CCC(=O)N2C[C@H](O)C[C@@H]2C(=O)O)c1. The summed E-state index contributed by atoms with van der Waals surface area (Å²) >= 11 is 0. The van der Waals surface area contributed by atoms with Crippen molar-refractivity contribution >= 4 is 17.6 Å². The van der Waals surface area contributed by atoms with Crippen molar-refractivity contribution in [2.45, 2.75) is 31.4 Å². The van der Waals surface area contributed by atoms with E-state index in [-0.39, 0.29) is 25.3 Å². The standard InChI is InChI=1S/C14H18N2O4/c15-10-3-1-2-9(6-10)4-5-13(18)16-8-11(17)7-12(16)14(19)20/h1-3,6,11-12,17H,4-5,7-8,15H2,(H,19,20)/t11-,12-/m1/s1. The molecule has 6 nitrogen and oxygen atoms in total. The third-order valence-corrected chi connectivity index (χ3v) is 3.46. The normalized spacial score (nSPS) is 21.9. The topological polar surface area (TPSA) is 104 Å². The van der Waals surface area contributed by atoms with E-state index in [0.717, 1.165) is 5.56 Å². The summed E-state index contributed by atoms with van der Waals surface area (Å²) in [5, 5.41) is 18.6. The van der Waals surface area contributed by atoms with Crippen LogP contribution in [0.3, 0.4) is 0 Å². The predicted molar refractivity (Wildman–Crippen MR) is 72.9 cm³/mol. The Hall–Kier alpha value is -2.08. The zero-order valence-corrected chi connectivity index (χ0v) is 11.0. The number of carboxylic acid groups (broad SMARTS) is 1. The first-order valence-electron chi connectivity index (χ1n) is 6.52. The van der Waals surface area contributed by atoms with Crippen LogP contribution < -0.4 is 5.73 Å². The lowest BCUT2D eigenvalue weighted by atomic mass is 10.1. The number of carbonyl (C=O) groups is 2. The number of nitrogens with two attached hydrogens (primary N) is 1. The maximum atomic E-state index is 12.1. The van der Waals surface area contributed by atoms with Crippen molar-refractivity contribution < 1.29 is 19.8 Å². The molecule has 2 atom stereocenters. The molecule has 0 spiro atoms. The Morgan fingerprint density at radius 1 is 1.40 bits per heavy atom. The molecule has 0 aliphatic carbocycles. The molecule has 1 amide bonds. The maximum Gasteiger partial charge on any atom is 0.326 e. The first-order chi connectivity index (χ1) is 9.47. The summed E-state index contributed by atoms with van der Waals surface area (Å²) < 4.78 is 0. The van der Waals surface area contributed by atoms with Gasteiger partial charge in [0, 0.05) is 25.1 Å². The van der Waals surface area contributed by atoms with Gasteiger partial charge in [0.05, 0.1) is 6.10 Å². The second-order valence-corrected chi connectivity index (χ2v) is 5.03. The Labute approximate surface area is 116 Å². The van der Waals surface area contributed by atoms with Crippen molar-refractivity contribution in [3.63, 3.8) is 0 Å². The van der Waals surface area contributed by atoms with Crippen LogP contribution in [-0.4, -0.2) is 45.7 Å². The second-order valence-electron chi connectivity index (χ2n) is 5.03. The minimum absolute atomic E-state index is 0.0900. The number of aryl methyl sites for hydroxylation is 1. The molecular formula is C14H18N2O4. The van der Waals surface area contributed by atoms with Gasteiger partial charge in [-0.15, -0.1) is 0 Å². The van der Waals surface area contributed by atoms with Crippen LogP contribution in [0.5, 0.6) is 0 Å². The Morgan fingerprint density at radius 3 is 2.80 bits per heavy atom. The Morgan fingerprint density at radius 2 is 2.15 bits per heavy atom. The summed E-state index contributed by atoms with van der Waals surface area (Å²) in [7, 11) is 0. The Balaban J connectivity index is 1.96. The first kappa shape index (κ1) is 14.3. The number of amides is 1. The number of rotatable bonds is 4. The zero-order valence-electron chi connectivity index (χ0n) is 11.0. The number of likely N-dealkylation sites (tertiary alicyclic amines) is 1. The highest BCUT2D eigenvalue weighted by atomic mass is 16.4. The van der Waals surface area contributed by atoms with E-state index in [0.29, 0.717) is 12.1 Å². The molecule has 1 saturated heterocycles. The van der Waals surface area contributed by atoms with Gasteiger partial charge in [0.15, 0.2) is 0 Å². The van der Waals surface area contributed by atoms with Crippen LogP contribution in [-0.2, 0) is 16.0 Å². The van der Waals surface area contributed by atoms with Crippen LogP contribution >= 0.6 is 0 Å². The van der Waals surface area contributed by atoms with Gasteiger partial charge in [-0.05, 0) is 24.1 Å². The molecule has 1 aromatic carbocycles. The van der Waals surface area contributed by atoms with Crippen molar-refractivity contribution in [2.24, 2.45) is 0 Å². The van der Waals surface area contributed by atoms with Gasteiger partial charge < -0.3 is 20.8 Å². The minimum atomic E-state index is -1.07. The molecule has 0 unspecified atom stereocenters. The summed E-state index contributed by atoms with van der Waals surface area (Å²) in [4.78, 5) is 24.4. The monoisotopic (exact) mass is 278 g/mol. The number of β-amino-alcohol motifs (C(OH)–C–C–N with tert-alkyl or cyclic N) is 1. The van der Waals surface area contributed by atoms with Gasteiger partial charge >= 0.3 is 5.97 Å². The van der Waals surface area contributed by atoms with E-state index < -0.39 is 18.1 Å². The molecular weight excluding hydrogens is 260 g/mol. The maximum absolute atomic E-state index is 12.1. The van der Waals surface area contributed by atoms with E-state index in [1.807, 2.05) is 12.1 Å². The van der Waals surface area contributed by atoms with Gasteiger partial charge in [-0.1, -0.05) is 12.1 Å². The minimum Gasteiger partial charge on any atom is -0.480 e. The van der Waals surface area contributed by atoms with Crippen LogP contribution in [0.4, 0.5) is 5.69 Å². The van der Waals surface area contributed by atoms with Crippen molar-refractivity contribution in [1.29, 1.82) is 0 Å². The number of carbonyl (C=O) groups excluding carboxylic acids is 1. The molecule has 6 heteroatoms. The molecule has 0 radical (unpaired) electrons. The first-order valence-corrected chi connectivity index (χ1v) is 6.52. The highest BCUT2D eigenvalue weighted by Gasteiger charge is 2.38. The number of aliphatic carboxylic acids is 1. The highest BCUT2D eigenvalue weighted by molar-refractivity contribution is 5.84. The highest BCUT2D eigenvalue weighted by Crippen LogP contribution is 2.20. The molecule has 1 heterocycles. The molecule has 0 aromatic heterocycles. The van der Waals surface area contributed by atoms with Gasteiger partial charge in [0.25, 0.3) is 0 Å². The lowest BCUT2D eigenvalue weighted by Gasteiger charge is -2.21. The fraction of sp³-hybridized carbons (Fsp3) is 0.429. The molecule has 20 heavy (non-hydrogen) atoms. The number of nitrogens with zero attached hydrogens (tertiary/aromatic N) is 1. The average molecular weight is 278 g/mol. The summed E-state index contributed by atoms with van der Waals surface area (Å²) in [6.07, 6.45) is 0.0506. The molecule has 1 fully saturated rings. The van der Waals surface area contributed by atoms with Crippen molar-refractivity contribution in [3.8, 4) is 0 Å². The number of benzene rings is 1. The number of aliphatic hydroxyl groups excluding tert-OH is 1. The van der Waals surface area contributed by atoms with Gasteiger partial charge in [-0.3, -0.25) is 4.79 Å². The van der Waals surface area contributed by atoms with Gasteiger partial charge in [0.1, 0.15) is 6.04 Å². The molecule has 0 saturated carbocycles. The molecule has 1 aliphatic heterocycles. The van der Waals surface area contributed by atoms with E-state index in [4.69, 9.17) is 10.8 Å². The Bertz CT molecular complexity index is 518. The quantitative estimate of drug-likeness (QED) is 0.685. The molecule has 2 rings (SSSR count). The molecule has 4 N–H and O–H groups in total. The van der Waals surface area contributed by atoms with Gasteiger partial charge in [-0.25, -0.2) is 4.79 Å². The summed E-state index contributed by atoms with van der Waals surface area (Å²) in [5.41, 5.74) is 7.23. The molecule has 108 valence electrons. The van der Waals surface area contributed by atoms with E-state index in [1.165, 1.54) is 4.90 Å². The van der Waals surface area contributed by atoms with Crippen LogP contribution in [0.2, 0.25) is 0 Å². The third kappa shape index (κ3) is 3.27. The van der Waals surface area contributed by atoms with Crippen molar-refractivity contribution in [3.05, 3.63) is 29.8 Å². The fourth-order valence-corrected chi connectivity index (χ4v) is 2.47. The summed E-state index contributed by atoms with van der Waals surface area (Å²) in [5.74, 6) is -1.32. The zero-order chi connectivity index (χ0) is 14.7. The van der Waals surface area contributed by atoms with E-state index in [1.54, 1.807) is 12.1 Å². The molecule has 1 aliphatic rings. The van der Waals surface area contributed by atoms with Crippen molar-refractivity contribution in [1.82, 2.24) is 4.90 Å². The third-order valence-electron chi connectivity index (χ3n) is 3.46. The van der Waals surface area contributed by atoms with Crippen molar-refractivity contribution in [2.75, 3.05) is 12.3 Å². The lowest BCUT2D eigenvalue weighted by molar-refractivity contribution is -0.148. The molecule has 1 aromatic rings. The number of nitrogen functional groups attached to an aromatic ring is 1. The number of anilines is 1. The second kappa shape index (κ2) is 5.92. The largest absolute Gasteiger partial charge is 0.480 e. The van der Waals surface area contributed by atoms with Gasteiger partial charge in [-0.2, -0.15) is 0 Å². The predicted octanol–water partition coefficient (Wildman–Crippen LogP) is 0.248. The van der Waals surface area contributed by atoms with Crippen LogP contribution in [0.25, 0.3) is 0 Å². The smallest absolute Gasteiger partial charge is 0.326 e. The Kier molecular flexibility index (Phi) is 4.24. The van der Waals surface area contributed by atoms with E-state index >= 15 is 0 Å². The van der Waals surface area contributed by atoms with E-state index in [9.17, 15) is 14.7 Å². The van der Waals surface area contributed by atoms with Crippen LogP contribution in [0.15, 0.2) is 24.3 Å². The van der Waals surface area contributed by atoms with Crippen LogP contribution in [0.1, 0.15) is 18.4 Å².